The third-order valence-electron chi connectivity index (χ3n) is 4.22. The number of hydrogen-bond donors (Lipinski definition) is 1. The summed E-state index contributed by atoms with van der Waals surface area (Å²) in [5, 5.41) is 10.2. The van der Waals surface area contributed by atoms with Gasteiger partial charge in [-0.15, -0.1) is 0 Å². The van der Waals surface area contributed by atoms with E-state index < -0.39 is 0 Å². The lowest BCUT2D eigenvalue weighted by atomic mass is 10.1. The molecule has 0 radical (unpaired) electrons. The van der Waals surface area contributed by atoms with Gasteiger partial charge in [-0.2, -0.15) is 0 Å². The van der Waals surface area contributed by atoms with Gasteiger partial charge < -0.3 is 14.1 Å². The van der Waals surface area contributed by atoms with Gasteiger partial charge in [-0.1, -0.05) is 48.2 Å². The summed E-state index contributed by atoms with van der Waals surface area (Å²) < 4.78 is 4.06. The van der Waals surface area contributed by atoms with Crippen LogP contribution in [-0.2, 0) is 19.4 Å². The summed E-state index contributed by atoms with van der Waals surface area (Å²) in [5.41, 5.74) is 4.99. The van der Waals surface area contributed by atoms with Crippen molar-refractivity contribution in [2.75, 3.05) is 0 Å². The Morgan fingerprint density at radius 3 is 2.64 bits per heavy atom. The van der Waals surface area contributed by atoms with E-state index in [4.69, 9.17) is 4.98 Å². The van der Waals surface area contributed by atoms with Gasteiger partial charge in [-0.3, -0.25) is 0 Å². The number of aliphatic hydroxyl groups is 1. The predicted molar refractivity (Wildman–Crippen MR) is 99.3 cm³/mol. The van der Waals surface area contributed by atoms with Gasteiger partial charge in [0.2, 0.25) is 0 Å². The van der Waals surface area contributed by atoms with Crippen LogP contribution in [0.15, 0.2) is 66.1 Å². The van der Waals surface area contributed by atoms with Crippen LogP contribution in [0.2, 0.25) is 0 Å². The van der Waals surface area contributed by atoms with Crippen molar-refractivity contribution in [3.8, 4) is 11.3 Å². The lowest BCUT2D eigenvalue weighted by Crippen LogP contribution is -1.98. The largest absolute Gasteiger partial charge is 0.390 e. The maximum atomic E-state index is 9.33. The summed E-state index contributed by atoms with van der Waals surface area (Å²) in [6.07, 6.45) is 3.76. The van der Waals surface area contributed by atoms with Crippen molar-refractivity contribution >= 4 is 17.4 Å². The monoisotopic (exact) mass is 350 g/mol. The number of fused-ring (bicyclic) bond motifs is 1. The molecular weight excluding hydrogens is 332 g/mol. The number of benzene rings is 1. The molecule has 0 aliphatic rings. The van der Waals surface area contributed by atoms with Crippen LogP contribution in [0.4, 0.5) is 0 Å². The molecular formula is C19H18N4OS. The zero-order valence-electron chi connectivity index (χ0n) is 13.8. The summed E-state index contributed by atoms with van der Waals surface area (Å²) in [6, 6.07) is 16.3. The topological polar surface area (TPSA) is 55.3 Å². The van der Waals surface area contributed by atoms with Crippen molar-refractivity contribution < 1.29 is 5.11 Å². The number of pyridine rings is 1. The molecule has 4 rings (SSSR count). The molecule has 0 bridgehead atoms. The maximum absolute atomic E-state index is 9.33. The van der Waals surface area contributed by atoms with Crippen LogP contribution < -0.4 is 0 Å². The van der Waals surface area contributed by atoms with E-state index in [0.29, 0.717) is 0 Å². The molecule has 25 heavy (non-hydrogen) atoms. The normalized spacial score (nSPS) is 11.3. The molecule has 0 amide bonds. The van der Waals surface area contributed by atoms with Crippen molar-refractivity contribution in [2.24, 2.45) is 7.05 Å². The molecule has 0 aliphatic heterocycles. The molecule has 0 spiro atoms. The van der Waals surface area contributed by atoms with Crippen LogP contribution in [0.3, 0.4) is 0 Å². The number of rotatable bonds is 5. The van der Waals surface area contributed by atoms with Crippen molar-refractivity contribution in [1.29, 1.82) is 0 Å². The number of hydrogen-bond acceptors (Lipinski definition) is 4. The van der Waals surface area contributed by atoms with E-state index in [2.05, 4.69) is 21.5 Å². The lowest BCUT2D eigenvalue weighted by Gasteiger charge is -2.06. The second-order valence-corrected chi connectivity index (χ2v) is 6.68. The van der Waals surface area contributed by atoms with Gasteiger partial charge in [0, 0.05) is 24.6 Å². The van der Waals surface area contributed by atoms with Crippen LogP contribution in [0.25, 0.3) is 16.9 Å². The minimum atomic E-state index is -0.00502. The molecule has 4 aromatic rings. The van der Waals surface area contributed by atoms with Crippen LogP contribution in [-0.4, -0.2) is 24.0 Å². The summed E-state index contributed by atoms with van der Waals surface area (Å²) in [5.74, 6) is 0.741. The smallest absolute Gasteiger partial charge is 0.168 e. The van der Waals surface area contributed by atoms with Gasteiger partial charge in [-0.05, 0) is 12.1 Å². The van der Waals surface area contributed by atoms with Gasteiger partial charge in [0.15, 0.2) is 5.16 Å². The molecule has 0 atom stereocenters. The Bertz CT molecular complexity index is 1010. The Hall–Kier alpha value is -2.57. The fourth-order valence-corrected chi connectivity index (χ4v) is 3.83. The molecule has 6 heteroatoms. The minimum Gasteiger partial charge on any atom is -0.390 e. The van der Waals surface area contributed by atoms with E-state index in [0.717, 1.165) is 39.2 Å². The minimum absolute atomic E-state index is 0.00502. The number of thioether (sulfide) groups is 1. The first kappa shape index (κ1) is 15.9. The van der Waals surface area contributed by atoms with E-state index in [9.17, 15) is 5.11 Å². The molecule has 1 N–H and O–H groups in total. The van der Waals surface area contributed by atoms with E-state index in [1.807, 2.05) is 54.2 Å². The molecule has 126 valence electrons. The third kappa shape index (κ3) is 2.94. The Morgan fingerprint density at radius 1 is 1.08 bits per heavy atom. The fraction of sp³-hybridized carbons (Fsp3) is 0.158. The molecule has 0 aliphatic carbocycles. The molecule has 0 saturated carbocycles. The number of aliphatic hydroxyl groups excluding tert-OH is 1. The highest BCUT2D eigenvalue weighted by Gasteiger charge is 2.15. The highest BCUT2D eigenvalue weighted by Crippen LogP contribution is 2.30. The Morgan fingerprint density at radius 2 is 1.88 bits per heavy atom. The average Bonchev–Trinajstić information content (AvgIpc) is 3.21. The Labute approximate surface area is 150 Å². The van der Waals surface area contributed by atoms with Crippen molar-refractivity contribution in [3.05, 3.63) is 72.3 Å². The van der Waals surface area contributed by atoms with Crippen molar-refractivity contribution in [3.63, 3.8) is 0 Å². The molecule has 0 fully saturated rings. The molecule has 0 saturated heterocycles. The van der Waals surface area contributed by atoms with Crippen molar-refractivity contribution in [1.82, 2.24) is 18.9 Å². The van der Waals surface area contributed by atoms with E-state index >= 15 is 0 Å². The van der Waals surface area contributed by atoms with Crippen LogP contribution >= 0.6 is 11.8 Å². The molecule has 3 aromatic heterocycles. The zero-order chi connectivity index (χ0) is 17.2. The standard InChI is InChI=1S/C19H18N4OS/c1-22-15(12-24)11-20-19(22)25-13-16-18(14-7-3-2-4-8-14)21-17-9-5-6-10-23(16)17/h2-11,24H,12-13H2,1H3. The fourth-order valence-electron chi connectivity index (χ4n) is 2.85. The first-order valence-corrected chi connectivity index (χ1v) is 9.02. The van der Waals surface area contributed by atoms with E-state index in [-0.39, 0.29) is 6.61 Å². The second kappa shape index (κ2) is 6.74. The number of nitrogens with zero attached hydrogens (tertiary/aromatic N) is 4. The third-order valence-corrected chi connectivity index (χ3v) is 5.27. The van der Waals surface area contributed by atoms with Gasteiger partial charge >= 0.3 is 0 Å². The van der Waals surface area contributed by atoms with Gasteiger partial charge in [0.25, 0.3) is 0 Å². The summed E-state index contributed by atoms with van der Waals surface area (Å²) in [7, 11) is 1.92. The van der Waals surface area contributed by atoms with Gasteiger partial charge in [0.05, 0.1) is 29.9 Å². The van der Waals surface area contributed by atoms with Crippen molar-refractivity contribution in [2.45, 2.75) is 17.5 Å². The predicted octanol–water partition coefficient (Wildman–Crippen LogP) is 3.52. The van der Waals surface area contributed by atoms with Gasteiger partial charge in [-0.25, -0.2) is 9.97 Å². The summed E-state index contributed by atoms with van der Waals surface area (Å²) >= 11 is 1.64. The summed E-state index contributed by atoms with van der Waals surface area (Å²) in [4.78, 5) is 9.23. The number of aromatic nitrogens is 4. The first-order valence-electron chi connectivity index (χ1n) is 8.03. The van der Waals surface area contributed by atoms with Gasteiger partial charge in [0.1, 0.15) is 5.65 Å². The Balaban J connectivity index is 1.73. The summed E-state index contributed by atoms with van der Waals surface area (Å²) in [6.45, 7) is -0.00502. The maximum Gasteiger partial charge on any atom is 0.168 e. The van der Waals surface area contributed by atoms with Crippen LogP contribution in [0, 0.1) is 0 Å². The van der Waals surface area contributed by atoms with E-state index in [1.54, 1.807) is 18.0 Å². The van der Waals surface area contributed by atoms with Crippen LogP contribution in [0.5, 0.6) is 0 Å². The van der Waals surface area contributed by atoms with E-state index in [1.165, 1.54) is 0 Å². The second-order valence-electron chi connectivity index (χ2n) is 5.74. The zero-order valence-corrected chi connectivity index (χ0v) is 14.6. The molecule has 5 nitrogen and oxygen atoms in total. The number of imidazole rings is 2. The SMILES string of the molecule is Cn1c(CO)cnc1SCc1c(-c2ccccc2)nc2ccccn12. The Kier molecular flexibility index (Phi) is 4.29. The molecule has 1 aromatic carbocycles. The quantitative estimate of drug-likeness (QED) is 0.560. The van der Waals surface area contributed by atoms with Crippen LogP contribution in [0.1, 0.15) is 11.4 Å². The highest BCUT2D eigenvalue weighted by molar-refractivity contribution is 7.98. The lowest BCUT2D eigenvalue weighted by molar-refractivity contribution is 0.271. The molecule has 0 unspecified atom stereocenters. The first-order chi connectivity index (χ1) is 12.3. The molecule has 3 heterocycles. The average molecular weight is 350 g/mol. The highest BCUT2D eigenvalue weighted by atomic mass is 32.2.